The highest BCUT2D eigenvalue weighted by Gasteiger charge is 2.08. The minimum Gasteiger partial charge on any atom is -0.477 e. The molecule has 3 rings (SSSR count). The molecule has 0 amide bonds. The number of aromatic amines is 1. The topological polar surface area (TPSA) is 83.0 Å². The summed E-state index contributed by atoms with van der Waals surface area (Å²) in [4.78, 5) is 30.3. The molecule has 0 atom stereocenters. The SMILES string of the molecule is CC(C)c1csc(/C=C/c2ccc3c(=O)cc(C(=O)O)[nH]c3c2)n1. The summed E-state index contributed by atoms with van der Waals surface area (Å²) in [6.45, 7) is 4.20. The monoisotopic (exact) mass is 340 g/mol. The molecule has 2 aromatic heterocycles. The number of nitrogens with one attached hydrogen (secondary N) is 1. The van der Waals surface area contributed by atoms with E-state index in [1.807, 2.05) is 23.6 Å². The molecule has 0 saturated heterocycles. The average Bonchev–Trinajstić information content (AvgIpc) is 3.01. The first-order valence-electron chi connectivity index (χ1n) is 7.48. The summed E-state index contributed by atoms with van der Waals surface area (Å²) in [6.07, 6.45) is 3.81. The van der Waals surface area contributed by atoms with Crippen LogP contribution in [0.1, 0.15) is 46.5 Å². The molecule has 5 nitrogen and oxygen atoms in total. The van der Waals surface area contributed by atoms with Gasteiger partial charge in [0.05, 0.1) is 11.2 Å². The summed E-state index contributed by atoms with van der Waals surface area (Å²) < 4.78 is 0. The minimum absolute atomic E-state index is 0.116. The second kappa shape index (κ2) is 6.41. The van der Waals surface area contributed by atoms with Gasteiger partial charge >= 0.3 is 5.97 Å². The molecule has 0 unspecified atom stereocenters. The van der Waals surface area contributed by atoms with E-state index < -0.39 is 5.97 Å². The van der Waals surface area contributed by atoms with Crippen LogP contribution in [-0.4, -0.2) is 21.0 Å². The zero-order valence-corrected chi connectivity index (χ0v) is 14.1. The minimum atomic E-state index is -1.15. The van der Waals surface area contributed by atoms with Crippen molar-refractivity contribution in [3.63, 3.8) is 0 Å². The Morgan fingerprint density at radius 2 is 2.08 bits per heavy atom. The highest BCUT2D eigenvalue weighted by Crippen LogP contribution is 2.20. The highest BCUT2D eigenvalue weighted by atomic mass is 32.1. The average molecular weight is 340 g/mol. The number of aromatic nitrogens is 2. The lowest BCUT2D eigenvalue weighted by atomic mass is 10.1. The van der Waals surface area contributed by atoms with Crippen LogP contribution >= 0.6 is 11.3 Å². The van der Waals surface area contributed by atoms with Gasteiger partial charge in [-0.15, -0.1) is 11.3 Å². The molecule has 0 bridgehead atoms. The molecule has 2 N–H and O–H groups in total. The maximum Gasteiger partial charge on any atom is 0.352 e. The van der Waals surface area contributed by atoms with Crippen molar-refractivity contribution in [2.45, 2.75) is 19.8 Å². The number of H-pyrrole nitrogens is 1. The smallest absolute Gasteiger partial charge is 0.352 e. The molecule has 0 spiro atoms. The van der Waals surface area contributed by atoms with E-state index in [0.717, 1.165) is 22.3 Å². The quantitative estimate of drug-likeness (QED) is 0.752. The number of carboxylic acid groups (broad SMARTS) is 1. The first kappa shape index (κ1) is 16.1. The number of aromatic carboxylic acids is 1. The Bertz CT molecular complexity index is 999. The van der Waals surface area contributed by atoms with Crippen LogP contribution in [0.4, 0.5) is 0 Å². The van der Waals surface area contributed by atoms with E-state index in [9.17, 15) is 9.59 Å². The number of carbonyl (C=O) groups is 1. The fourth-order valence-electron chi connectivity index (χ4n) is 2.30. The first-order valence-corrected chi connectivity index (χ1v) is 8.36. The molecule has 0 fully saturated rings. The van der Waals surface area contributed by atoms with Crippen molar-refractivity contribution in [1.29, 1.82) is 0 Å². The van der Waals surface area contributed by atoms with E-state index in [-0.39, 0.29) is 11.1 Å². The maximum absolute atomic E-state index is 12.0. The molecule has 1 aromatic carbocycles. The second-order valence-corrected chi connectivity index (χ2v) is 6.65. The lowest BCUT2D eigenvalue weighted by molar-refractivity contribution is 0.0691. The first-order chi connectivity index (χ1) is 11.4. The van der Waals surface area contributed by atoms with Gasteiger partial charge in [0.15, 0.2) is 5.43 Å². The van der Waals surface area contributed by atoms with Crippen LogP contribution in [-0.2, 0) is 0 Å². The third-order valence-corrected chi connectivity index (χ3v) is 4.46. The number of fused-ring (bicyclic) bond motifs is 1. The van der Waals surface area contributed by atoms with Crippen LogP contribution < -0.4 is 5.43 Å². The Balaban J connectivity index is 1.96. The Kier molecular flexibility index (Phi) is 4.31. The van der Waals surface area contributed by atoms with Crippen molar-refractivity contribution >= 4 is 40.4 Å². The molecule has 2 heterocycles. The van der Waals surface area contributed by atoms with Gasteiger partial charge in [0.25, 0.3) is 0 Å². The van der Waals surface area contributed by atoms with E-state index in [2.05, 4.69) is 23.8 Å². The maximum atomic E-state index is 12.0. The van der Waals surface area contributed by atoms with Gasteiger partial charge in [-0.05, 0) is 29.7 Å². The Hall–Kier alpha value is -2.73. The van der Waals surface area contributed by atoms with Crippen LogP contribution in [0.15, 0.2) is 34.4 Å². The van der Waals surface area contributed by atoms with Gasteiger partial charge in [-0.3, -0.25) is 4.79 Å². The van der Waals surface area contributed by atoms with Crippen LogP contribution in [0.25, 0.3) is 23.1 Å². The van der Waals surface area contributed by atoms with Crippen molar-refractivity contribution in [2.75, 3.05) is 0 Å². The van der Waals surface area contributed by atoms with Gasteiger partial charge in [-0.25, -0.2) is 9.78 Å². The number of benzene rings is 1. The van der Waals surface area contributed by atoms with Crippen LogP contribution in [0.3, 0.4) is 0 Å². The van der Waals surface area contributed by atoms with Crippen LogP contribution in [0.5, 0.6) is 0 Å². The number of hydrogen-bond donors (Lipinski definition) is 2. The standard InChI is InChI=1S/C18H16N2O3S/c1-10(2)15-9-24-17(20-15)6-4-11-3-5-12-13(7-11)19-14(18(22)23)8-16(12)21/h3-10H,1-2H3,(H,19,21)(H,22,23)/b6-4+. The van der Waals surface area contributed by atoms with Crippen LogP contribution in [0.2, 0.25) is 0 Å². The lowest BCUT2D eigenvalue weighted by Crippen LogP contribution is -2.09. The summed E-state index contributed by atoms with van der Waals surface area (Å²) in [5.74, 6) is -0.762. The number of rotatable bonds is 4. The van der Waals surface area contributed by atoms with Gasteiger partial charge < -0.3 is 10.1 Å². The van der Waals surface area contributed by atoms with E-state index in [4.69, 9.17) is 5.11 Å². The van der Waals surface area contributed by atoms with Gasteiger partial charge in [0.2, 0.25) is 0 Å². The summed E-state index contributed by atoms with van der Waals surface area (Å²) in [5.41, 5.74) is 2.01. The molecule has 0 aliphatic rings. The van der Waals surface area contributed by atoms with Gasteiger partial charge in [-0.1, -0.05) is 26.0 Å². The second-order valence-electron chi connectivity index (χ2n) is 5.76. The molecule has 6 heteroatoms. The fourth-order valence-corrected chi connectivity index (χ4v) is 3.17. The Labute approximate surface area is 142 Å². The summed E-state index contributed by atoms with van der Waals surface area (Å²) in [7, 11) is 0. The van der Waals surface area contributed by atoms with E-state index in [1.165, 1.54) is 0 Å². The van der Waals surface area contributed by atoms with Crippen molar-refractivity contribution in [1.82, 2.24) is 9.97 Å². The van der Waals surface area contributed by atoms with Gasteiger partial charge in [-0.2, -0.15) is 0 Å². The zero-order valence-electron chi connectivity index (χ0n) is 13.2. The Morgan fingerprint density at radius 3 is 2.75 bits per heavy atom. The van der Waals surface area contributed by atoms with E-state index in [0.29, 0.717) is 16.8 Å². The zero-order chi connectivity index (χ0) is 17.3. The van der Waals surface area contributed by atoms with E-state index >= 15 is 0 Å². The van der Waals surface area contributed by atoms with Crippen molar-refractivity contribution in [3.05, 3.63) is 61.8 Å². The number of pyridine rings is 1. The lowest BCUT2D eigenvalue weighted by Gasteiger charge is -2.02. The predicted octanol–water partition coefficient (Wildman–Crippen LogP) is 3.98. The molecule has 0 aliphatic heterocycles. The van der Waals surface area contributed by atoms with Crippen molar-refractivity contribution in [2.24, 2.45) is 0 Å². The normalized spacial score (nSPS) is 11.6. The number of carboxylic acids is 1. The third kappa shape index (κ3) is 3.28. The molecular weight excluding hydrogens is 324 g/mol. The predicted molar refractivity (Wildman–Crippen MR) is 96.7 cm³/mol. The van der Waals surface area contributed by atoms with Crippen molar-refractivity contribution in [3.8, 4) is 0 Å². The molecule has 0 saturated carbocycles. The van der Waals surface area contributed by atoms with Crippen molar-refractivity contribution < 1.29 is 9.90 Å². The molecule has 24 heavy (non-hydrogen) atoms. The van der Waals surface area contributed by atoms with Crippen LogP contribution in [0, 0.1) is 0 Å². The summed E-state index contributed by atoms with van der Waals surface area (Å²) >= 11 is 1.58. The van der Waals surface area contributed by atoms with E-state index in [1.54, 1.807) is 23.5 Å². The van der Waals surface area contributed by atoms with Gasteiger partial charge in [0.1, 0.15) is 10.7 Å². The number of thiazole rings is 1. The third-order valence-electron chi connectivity index (χ3n) is 3.63. The molecule has 0 radical (unpaired) electrons. The number of nitrogens with zero attached hydrogens (tertiary/aromatic N) is 1. The largest absolute Gasteiger partial charge is 0.477 e. The summed E-state index contributed by atoms with van der Waals surface area (Å²) in [6, 6.07) is 6.38. The molecule has 122 valence electrons. The number of hydrogen-bond acceptors (Lipinski definition) is 4. The molecule has 3 aromatic rings. The molecule has 0 aliphatic carbocycles. The van der Waals surface area contributed by atoms with Gasteiger partial charge in [0, 0.05) is 16.8 Å². The summed E-state index contributed by atoms with van der Waals surface area (Å²) in [5, 5.41) is 12.5. The fraction of sp³-hybridized carbons (Fsp3) is 0.167. The highest BCUT2D eigenvalue weighted by molar-refractivity contribution is 7.10. The Morgan fingerprint density at radius 1 is 1.29 bits per heavy atom. The molecular formula is C18H16N2O3S.